The summed E-state index contributed by atoms with van der Waals surface area (Å²) in [7, 11) is 0. The third kappa shape index (κ3) is 37.9. The first-order valence-electron chi connectivity index (χ1n) is 9.05. The van der Waals surface area contributed by atoms with Crippen molar-refractivity contribution >= 4 is 24.6 Å². The molecule has 0 spiro atoms. The SMILES string of the molecule is CC(=O)NCCCC(=O)NCCCCC(C)C.CC(C)(C)C=O.O=CO. The van der Waals surface area contributed by atoms with E-state index in [1.54, 1.807) is 0 Å². The molecule has 0 bridgehead atoms. The minimum atomic E-state index is -0.250. The molecule has 0 saturated carbocycles. The number of hydrogen-bond acceptors (Lipinski definition) is 4. The molecule has 0 aliphatic heterocycles. The highest BCUT2D eigenvalue weighted by Gasteiger charge is 2.04. The quantitative estimate of drug-likeness (QED) is 0.424. The van der Waals surface area contributed by atoms with Crippen LogP contribution in [0.4, 0.5) is 0 Å². The number of nitrogens with one attached hydrogen (secondary N) is 2. The molecule has 2 amide bonds. The van der Waals surface area contributed by atoms with Crippen molar-refractivity contribution in [3.05, 3.63) is 0 Å². The predicted molar refractivity (Wildman–Crippen MR) is 104 cm³/mol. The fourth-order valence-electron chi connectivity index (χ4n) is 1.51. The molecule has 0 aliphatic rings. The standard InChI is InChI=1S/C13H26N2O2.C5H10O.CH2O2/c1-11(2)7-4-5-9-15-13(17)8-6-10-14-12(3)16;1-5(2,3)4-6;2-1-3/h11H,4-10H2,1-3H3,(H,14,16)(H,15,17);4H,1-3H3;1H,(H,2,3). The predicted octanol–water partition coefficient (Wildman–Crippen LogP) is 2.78. The van der Waals surface area contributed by atoms with Gasteiger partial charge in [-0.05, 0) is 18.8 Å². The Morgan fingerprint density at radius 2 is 1.46 bits per heavy atom. The number of aldehydes is 1. The Labute approximate surface area is 158 Å². The van der Waals surface area contributed by atoms with Crippen LogP contribution >= 0.6 is 0 Å². The van der Waals surface area contributed by atoms with Gasteiger partial charge in [-0.1, -0.05) is 47.5 Å². The maximum absolute atomic E-state index is 11.4. The van der Waals surface area contributed by atoms with Crippen LogP contribution in [0.1, 0.15) is 73.6 Å². The number of carboxylic acid groups (broad SMARTS) is 1. The summed E-state index contributed by atoms with van der Waals surface area (Å²) in [5, 5.41) is 12.5. The highest BCUT2D eigenvalue weighted by Crippen LogP contribution is 2.06. The largest absolute Gasteiger partial charge is 0.483 e. The maximum Gasteiger partial charge on any atom is 0.290 e. The number of rotatable bonds is 9. The van der Waals surface area contributed by atoms with Crippen LogP contribution in [0.15, 0.2) is 0 Å². The van der Waals surface area contributed by atoms with Crippen molar-refractivity contribution in [3.8, 4) is 0 Å². The first-order valence-corrected chi connectivity index (χ1v) is 9.05. The van der Waals surface area contributed by atoms with Crippen molar-refractivity contribution < 1.29 is 24.3 Å². The van der Waals surface area contributed by atoms with Crippen molar-refractivity contribution in [2.45, 2.75) is 73.6 Å². The summed E-state index contributed by atoms with van der Waals surface area (Å²) >= 11 is 0. The second-order valence-corrected chi connectivity index (χ2v) is 7.42. The molecular weight excluding hydrogens is 336 g/mol. The highest BCUT2D eigenvalue weighted by atomic mass is 16.3. The van der Waals surface area contributed by atoms with Crippen molar-refractivity contribution in [1.82, 2.24) is 10.6 Å². The van der Waals surface area contributed by atoms with Gasteiger partial charge in [-0.25, -0.2) is 0 Å². The lowest BCUT2D eigenvalue weighted by Crippen LogP contribution is -2.26. The molecule has 0 aromatic rings. The van der Waals surface area contributed by atoms with Gasteiger partial charge in [0.15, 0.2) is 0 Å². The lowest BCUT2D eigenvalue weighted by Gasteiger charge is -2.06. The zero-order valence-corrected chi connectivity index (χ0v) is 17.3. The van der Waals surface area contributed by atoms with E-state index in [0.717, 1.165) is 25.2 Å². The van der Waals surface area contributed by atoms with Gasteiger partial charge in [-0.2, -0.15) is 0 Å². The Morgan fingerprint density at radius 3 is 1.85 bits per heavy atom. The van der Waals surface area contributed by atoms with E-state index in [2.05, 4.69) is 24.5 Å². The second kappa shape index (κ2) is 19.4. The summed E-state index contributed by atoms with van der Waals surface area (Å²) < 4.78 is 0. The van der Waals surface area contributed by atoms with Crippen molar-refractivity contribution in [1.29, 1.82) is 0 Å². The van der Waals surface area contributed by atoms with Crippen molar-refractivity contribution in [2.24, 2.45) is 11.3 Å². The topological polar surface area (TPSA) is 113 Å². The summed E-state index contributed by atoms with van der Waals surface area (Å²) in [6.07, 6.45) is 5.58. The van der Waals surface area contributed by atoms with Crippen LogP contribution in [0.25, 0.3) is 0 Å². The van der Waals surface area contributed by atoms with Crippen LogP contribution in [0.2, 0.25) is 0 Å². The van der Waals surface area contributed by atoms with Crippen LogP contribution in [0.3, 0.4) is 0 Å². The zero-order valence-electron chi connectivity index (χ0n) is 17.3. The molecule has 0 atom stereocenters. The minimum Gasteiger partial charge on any atom is -0.483 e. The molecule has 0 aliphatic carbocycles. The van der Waals surface area contributed by atoms with E-state index in [4.69, 9.17) is 9.90 Å². The number of carbonyl (C=O) groups is 4. The Morgan fingerprint density at radius 1 is 1.00 bits per heavy atom. The second-order valence-electron chi connectivity index (χ2n) is 7.42. The van der Waals surface area contributed by atoms with Crippen molar-refractivity contribution in [3.63, 3.8) is 0 Å². The Hall–Kier alpha value is -1.92. The Kier molecular flexibility index (Phi) is 21.5. The molecule has 0 saturated heterocycles. The Balaban J connectivity index is -0.000000486. The molecule has 0 aromatic carbocycles. The van der Waals surface area contributed by atoms with Crippen LogP contribution in [-0.4, -0.2) is 42.8 Å². The van der Waals surface area contributed by atoms with E-state index >= 15 is 0 Å². The van der Waals surface area contributed by atoms with E-state index in [1.165, 1.54) is 19.8 Å². The molecule has 0 radical (unpaired) electrons. The van der Waals surface area contributed by atoms with E-state index in [9.17, 15) is 14.4 Å². The lowest BCUT2D eigenvalue weighted by molar-refractivity contribution is -0.123. The van der Waals surface area contributed by atoms with Gasteiger partial charge in [0.1, 0.15) is 6.29 Å². The monoisotopic (exact) mass is 374 g/mol. The number of carbonyl (C=O) groups excluding carboxylic acids is 3. The third-order valence-corrected chi connectivity index (χ3v) is 2.84. The first-order chi connectivity index (χ1) is 12.0. The van der Waals surface area contributed by atoms with Crippen LogP contribution in [0, 0.1) is 11.3 Å². The fraction of sp³-hybridized carbons (Fsp3) is 0.789. The van der Waals surface area contributed by atoms with Gasteiger partial charge in [-0.3, -0.25) is 14.4 Å². The molecule has 0 rings (SSSR count). The van der Waals surface area contributed by atoms with Gasteiger partial charge in [0.25, 0.3) is 6.47 Å². The van der Waals surface area contributed by atoms with Crippen molar-refractivity contribution in [2.75, 3.05) is 13.1 Å². The molecule has 0 heterocycles. The van der Waals surface area contributed by atoms with Gasteiger partial charge < -0.3 is 20.5 Å². The summed E-state index contributed by atoms with van der Waals surface area (Å²) in [5.41, 5.74) is -0.139. The summed E-state index contributed by atoms with van der Waals surface area (Å²) in [4.78, 5) is 40.1. The molecule has 0 fully saturated rings. The van der Waals surface area contributed by atoms with Gasteiger partial charge in [-0.15, -0.1) is 0 Å². The average molecular weight is 375 g/mol. The van der Waals surface area contributed by atoms with Gasteiger partial charge >= 0.3 is 0 Å². The summed E-state index contributed by atoms with van der Waals surface area (Å²) in [5.74, 6) is 0.780. The van der Waals surface area contributed by atoms with Gasteiger partial charge in [0, 0.05) is 31.8 Å². The van der Waals surface area contributed by atoms with E-state index < -0.39 is 0 Å². The molecule has 7 nitrogen and oxygen atoms in total. The molecule has 3 N–H and O–H groups in total. The van der Waals surface area contributed by atoms with Crippen LogP contribution < -0.4 is 10.6 Å². The molecule has 154 valence electrons. The fourth-order valence-corrected chi connectivity index (χ4v) is 1.51. The smallest absolute Gasteiger partial charge is 0.290 e. The first kappa shape index (κ1) is 28.9. The van der Waals surface area contributed by atoms with Crippen LogP contribution in [-0.2, 0) is 19.2 Å². The summed E-state index contributed by atoms with van der Waals surface area (Å²) in [6.45, 7) is 12.6. The highest BCUT2D eigenvalue weighted by molar-refractivity contribution is 5.76. The molecule has 26 heavy (non-hydrogen) atoms. The lowest BCUT2D eigenvalue weighted by atomic mass is 10.0. The molecule has 0 unspecified atom stereocenters. The van der Waals surface area contributed by atoms with Crippen LogP contribution in [0.5, 0.6) is 0 Å². The zero-order chi connectivity index (χ0) is 21.0. The maximum atomic E-state index is 11.4. The van der Waals surface area contributed by atoms with Gasteiger partial charge in [0.2, 0.25) is 11.8 Å². The van der Waals surface area contributed by atoms with E-state index in [1.807, 2.05) is 20.8 Å². The van der Waals surface area contributed by atoms with Gasteiger partial charge in [0.05, 0.1) is 0 Å². The summed E-state index contributed by atoms with van der Waals surface area (Å²) in [6, 6.07) is 0. The molecule has 0 aromatic heterocycles. The number of hydrogen-bond donors (Lipinski definition) is 3. The Bertz CT molecular complexity index is 377. The number of unbranched alkanes of at least 4 members (excludes halogenated alkanes) is 1. The minimum absolute atomic E-state index is 0.0425. The normalized spacial score (nSPS) is 9.81. The number of amides is 2. The average Bonchev–Trinajstić information content (AvgIpc) is 2.51. The van der Waals surface area contributed by atoms with E-state index in [0.29, 0.717) is 19.4 Å². The molecule has 7 heteroatoms. The third-order valence-electron chi connectivity index (χ3n) is 2.84. The van der Waals surface area contributed by atoms with E-state index in [-0.39, 0.29) is 23.7 Å². The molecular formula is C19H38N2O5.